The minimum Gasteiger partial charge on any atom is -0.449 e. The lowest BCUT2D eigenvalue weighted by atomic mass is 9.60. The summed E-state index contributed by atoms with van der Waals surface area (Å²) in [6.07, 6.45) is -1.20. The van der Waals surface area contributed by atoms with Gasteiger partial charge >= 0.3 is 6.18 Å². The number of hydrogen-bond acceptors (Lipinski definition) is 4. The second kappa shape index (κ2) is 6.14. The van der Waals surface area contributed by atoms with E-state index in [0.29, 0.717) is 47.6 Å². The maximum atomic E-state index is 13.2. The van der Waals surface area contributed by atoms with Crippen LogP contribution in [-0.4, -0.2) is 38.8 Å². The molecule has 5 rings (SSSR count). The molecule has 2 aliphatic heterocycles. The Morgan fingerprint density at radius 1 is 1.25 bits per heavy atom. The molecule has 0 unspecified atom stereocenters. The number of nitrogens with zero attached hydrogens (tertiary/aromatic N) is 1. The van der Waals surface area contributed by atoms with Crippen molar-refractivity contribution in [3.05, 3.63) is 29.5 Å². The van der Waals surface area contributed by atoms with Crippen LogP contribution in [0.5, 0.6) is 0 Å². The van der Waals surface area contributed by atoms with Gasteiger partial charge in [-0.05, 0) is 43.4 Å². The van der Waals surface area contributed by atoms with E-state index in [9.17, 15) is 18.0 Å². The van der Waals surface area contributed by atoms with Crippen molar-refractivity contribution in [3.63, 3.8) is 0 Å². The zero-order valence-corrected chi connectivity index (χ0v) is 15.3. The average Bonchev–Trinajstić information content (AvgIpc) is 2.87. The molecule has 1 aromatic carbocycles. The van der Waals surface area contributed by atoms with Crippen molar-refractivity contribution >= 4 is 22.6 Å². The maximum absolute atomic E-state index is 13.2. The molecule has 1 N–H and O–H groups in total. The van der Waals surface area contributed by atoms with Crippen LogP contribution in [0, 0.1) is 11.3 Å². The van der Waals surface area contributed by atoms with Crippen LogP contribution in [0.3, 0.4) is 0 Å². The zero-order chi connectivity index (χ0) is 19.5. The molecule has 1 aliphatic carbocycles. The predicted molar refractivity (Wildman–Crippen MR) is 96.4 cm³/mol. The summed E-state index contributed by atoms with van der Waals surface area (Å²) < 4.78 is 50.5. The molecule has 1 saturated heterocycles. The molecule has 28 heavy (non-hydrogen) atoms. The van der Waals surface area contributed by atoms with Gasteiger partial charge in [-0.3, -0.25) is 4.79 Å². The lowest BCUT2D eigenvalue weighted by Crippen LogP contribution is -2.52. The number of furan rings is 1. The quantitative estimate of drug-likeness (QED) is 0.860. The van der Waals surface area contributed by atoms with Crippen LogP contribution >= 0.6 is 0 Å². The van der Waals surface area contributed by atoms with Gasteiger partial charge in [0.15, 0.2) is 0 Å². The smallest absolute Gasteiger partial charge is 0.416 e. The number of anilines is 1. The van der Waals surface area contributed by atoms with Crippen LogP contribution in [0.2, 0.25) is 0 Å². The van der Waals surface area contributed by atoms with Crippen LogP contribution in [0.15, 0.2) is 22.6 Å². The van der Waals surface area contributed by atoms with Gasteiger partial charge in [0.25, 0.3) is 5.91 Å². The number of ether oxygens (including phenoxy) is 1. The maximum Gasteiger partial charge on any atom is 0.416 e. The fourth-order valence-electron chi connectivity index (χ4n) is 4.78. The summed E-state index contributed by atoms with van der Waals surface area (Å²) in [4.78, 5) is 14.4. The van der Waals surface area contributed by atoms with Crippen LogP contribution in [0.25, 0.3) is 11.0 Å². The number of benzene rings is 1. The third-order valence-corrected chi connectivity index (χ3v) is 6.25. The van der Waals surface area contributed by atoms with Crippen molar-refractivity contribution in [2.45, 2.75) is 25.4 Å². The number of amides is 1. The molecule has 0 atom stereocenters. The largest absolute Gasteiger partial charge is 0.449 e. The molecule has 3 aliphatic rings. The van der Waals surface area contributed by atoms with E-state index in [1.807, 2.05) is 4.90 Å². The molecule has 1 aromatic heterocycles. The van der Waals surface area contributed by atoms with Gasteiger partial charge in [-0.15, -0.1) is 0 Å². The molecular formula is C20H21F3N2O3. The summed E-state index contributed by atoms with van der Waals surface area (Å²) in [5.41, 5.74) is 0.432. The molecule has 1 spiro atoms. The van der Waals surface area contributed by atoms with Crippen molar-refractivity contribution < 1.29 is 27.1 Å². The van der Waals surface area contributed by atoms with E-state index in [0.717, 1.165) is 44.6 Å². The number of hydrogen-bond donors (Lipinski definition) is 1. The number of alkyl halides is 3. The Kier molecular flexibility index (Phi) is 3.91. The predicted octanol–water partition coefficient (Wildman–Crippen LogP) is 3.82. The van der Waals surface area contributed by atoms with E-state index in [4.69, 9.17) is 9.15 Å². The third kappa shape index (κ3) is 2.85. The van der Waals surface area contributed by atoms with Crippen LogP contribution < -0.4 is 10.2 Å². The first kappa shape index (κ1) is 17.8. The van der Waals surface area contributed by atoms with Crippen molar-refractivity contribution in [2.75, 3.05) is 37.7 Å². The topological polar surface area (TPSA) is 54.7 Å². The Bertz CT molecular complexity index is 925. The first-order valence-corrected chi connectivity index (χ1v) is 9.59. The van der Waals surface area contributed by atoms with Gasteiger partial charge in [-0.25, -0.2) is 0 Å². The molecule has 1 amide bonds. The Labute approximate surface area is 159 Å². The fourth-order valence-corrected chi connectivity index (χ4v) is 4.78. The Balaban J connectivity index is 1.44. The Hall–Kier alpha value is -2.22. The van der Waals surface area contributed by atoms with E-state index < -0.39 is 11.7 Å². The van der Waals surface area contributed by atoms with E-state index in [-0.39, 0.29) is 11.7 Å². The Morgan fingerprint density at radius 2 is 2.04 bits per heavy atom. The summed E-state index contributed by atoms with van der Waals surface area (Å²) >= 11 is 0. The summed E-state index contributed by atoms with van der Waals surface area (Å²) in [5, 5.41) is 3.12. The normalized spacial score (nSPS) is 21.8. The summed E-state index contributed by atoms with van der Waals surface area (Å²) in [5.74, 6) is 0.323. The van der Waals surface area contributed by atoms with Gasteiger partial charge < -0.3 is 19.4 Å². The highest BCUT2D eigenvalue weighted by Gasteiger charge is 2.49. The minimum atomic E-state index is -4.44. The first-order chi connectivity index (χ1) is 13.3. The standard InChI is InChI=1S/C20H21F3N2O3/c21-20(22,23)13-1-2-15-14(7-13)16-17(28-15)18(26)24-4-6-25(16)5-3-12-8-19(9-12)10-27-11-19/h1-2,7,12H,3-6,8-11H2,(H,24,26). The number of carbonyl (C=O) groups excluding carboxylic acids is 1. The van der Waals surface area contributed by atoms with Gasteiger partial charge in [-0.2, -0.15) is 13.2 Å². The average molecular weight is 394 g/mol. The lowest BCUT2D eigenvalue weighted by molar-refractivity contribution is -0.179. The molecule has 2 fully saturated rings. The number of halogens is 3. The summed E-state index contributed by atoms with van der Waals surface area (Å²) in [6.45, 7) is 3.37. The minimum absolute atomic E-state index is 0.101. The van der Waals surface area contributed by atoms with Crippen molar-refractivity contribution in [1.82, 2.24) is 5.32 Å². The van der Waals surface area contributed by atoms with Crippen LogP contribution in [-0.2, 0) is 10.9 Å². The van der Waals surface area contributed by atoms with Crippen molar-refractivity contribution in [2.24, 2.45) is 11.3 Å². The highest BCUT2D eigenvalue weighted by molar-refractivity contribution is 6.07. The molecule has 0 bridgehead atoms. The van der Waals surface area contributed by atoms with Crippen LogP contribution in [0.1, 0.15) is 35.4 Å². The van der Waals surface area contributed by atoms with Crippen molar-refractivity contribution in [3.8, 4) is 0 Å². The molecule has 5 nitrogen and oxygen atoms in total. The van der Waals surface area contributed by atoms with Gasteiger partial charge in [0.2, 0.25) is 5.76 Å². The van der Waals surface area contributed by atoms with Gasteiger partial charge in [0.1, 0.15) is 5.58 Å². The van der Waals surface area contributed by atoms with E-state index in [1.165, 1.54) is 6.07 Å². The van der Waals surface area contributed by atoms with E-state index in [2.05, 4.69) is 5.32 Å². The monoisotopic (exact) mass is 394 g/mol. The Morgan fingerprint density at radius 3 is 2.71 bits per heavy atom. The number of rotatable bonds is 3. The second-order valence-electron chi connectivity index (χ2n) is 8.29. The van der Waals surface area contributed by atoms with Gasteiger partial charge in [0.05, 0.1) is 24.5 Å². The lowest BCUT2D eigenvalue weighted by Gasteiger charge is -2.53. The zero-order valence-electron chi connectivity index (χ0n) is 15.3. The van der Waals surface area contributed by atoms with Crippen LogP contribution in [0.4, 0.5) is 18.9 Å². The first-order valence-electron chi connectivity index (χ1n) is 9.59. The van der Waals surface area contributed by atoms with Crippen molar-refractivity contribution in [1.29, 1.82) is 0 Å². The fraction of sp³-hybridized carbons (Fsp3) is 0.550. The SMILES string of the molecule is O=C1NCCN(CCC2CC3(COC3)C2)c2c1oc1ccc(C(F)(F)F)cc21. The number of fused-ring (bicyclic) bond motifs is 3. The highest BCUT2D eigenvalue weighted by Crippen LogP contribution is 2.52. The van der Waals surface area contributed by atoms with Gasteiger partial charge in [0, 0.05) is 30.4 Å². The molecule has 0 radical (unpaired) electrons. The summed E-state index contributed by atoms with van der Waals surface area (Å²) in [6, 6.07) is 3.37. The van der Waals surface area contributed by atoms with Gasteiger partial charge in [-0.1, -0.05) is 0 Å². The highest BCUT2D eigenvalue weighted by atomic mass is 19.4. The molecule has 150 valence electrons. The second-order valence-corrected chi connectivity index (χ2v) is 8.29. The number of carbonyl (C=O) groups is 1. The molecule has 2 aromatic rings. The third-order valence-electron chi connectivity index (χ3n) is 6.25. The molecular weight excluding hydrogens is 373 g/mol. The molecule has 1 saturated carbocycles. The number of nitrogens with one attached hydrogen (secondary N) is 1. The van der Waals surface area contributed by atoms with E-state index in [1.54, 1.807) is 0 Å². The molecule has 3 heterocycles. The van der Waals surface area contributed by atoms with E-state index >= 15 is 0 Å². The summed E-state index contributed by atoms with van der Waals surface area (Å²) in [7, 11) is 0. The molecule has 8 heteroatoms.